The number of fused-ring (bicyclic) bond motifs is 1. The van der Waals surface area contributed by atoms with Crippen LogP contribution in [0.4, 0.5) is 5.69 Å². The molecule has 0 unspecified atom stereocenters. The van der Waals surface area contributed by atoms with Gasteiger partial charge in [0, 0.05) is 36.8 Å². The number of aromatic nitrogens is 1. The zero-order valence-electron chi connectivity index (χ0n) is 12.2. The number of nitrogens with zero attached hydrogens (tertiary/aromatic N) is 2. The Bertz CT molecular complexity index is 590. The lowest BCUT2D eigenvalue weighted by Crippen LogP contribution is -2.28. The molecule has 0 saturated heterocycles. The topological polar surface area (TPSA) is 42.1 Å². The molecular weight excluding hydrogens is 246 g/mol. The predicted octanol–water partition coefficient (Wildman–Crippen LogP) is 3.32. The minimum atomic E-state index is 0.554. The maximum atomic E-state index is 5.96. The van der Waals surface area contributed by atoms with Crippen LogP contribution in [0, 0.1) is 5.92 Å². The molecule has 1 aromatic carbocycles. The summed E-state index contributed by atoms with van der Waals surface area (Å²) in [6.45, 7) is 5.05. The summed E-state index contributed by atoms with van der Waals surface area (Å²) >= 11 is 0. The summed E-state index contributed by atoms with van der Waals surface area (Å²) in [5, 5.41) is 1.24. The van der Waals surface area contributed by atoms with Crippen molar-refractivity contribution in [3.8, 4) is 0 Å². The number of hydrogen-bond acceptors (Lipinski definition) is 3. The van der Waals surface area contributed by atoms with Crippen LogP contribution in [0.25, 0.3) is 10.9 Å². The van der Waals surface area contributed by atoms with E-state index in [2.05, 4.69) is 35.0 Å². The van der Waals surface area contributed by atoms with Crippen LogP contribution in [0.15, 0.2) is 30.5 Å². The quantitative estimate of drug-likeness (QED) is 0.874. The van der Waals surface area contributed by atoms with Crippen molar-refractivity contribution in [3.63, 3.8) is 0 Å². The average Bonchev–Trinajstić information content (AvgIpc) is 3.29. The van der Waals surface area contributed by atoms with E-state index in [9.17, 15) is 0 Å². The number of anilines is 1. The molecule has 3 heteroatoms. The van der Waals surface area contributed by atoms with Crippen LogP contribution < -0.4 is 10.6 Å². The van der Waals surface area contributed by atoms with E-state index in [1.165, 1.54) is 23.9 Å². The number of benzene rings is 1. The lowest BCUT2D eigenvalue weighted by Gasteiger charge is -2.28. The Hall–Kier alpha value is -1.61. The van der Waals surface area contributed by atoms with E-state index < -0.39 is 0 Å². The molecule has 0 aliphatic heterocycles. The first-order valence-corrected chi connectivity index (χ1v) is 7.65. The van der Waals surface area contributed by atoms with E-state index in [-0.39, 0.29) is 0 Å². The molecule has 0 bridgehead atoms. The fourth-order valence-corrected chi connectivity index (χ4v) is 2.87. The van der Waals surface area contributed by atoms with Gasteiger partial charge in [0.15, 0.2) is 0 Å². The standard InChI is InChI=1S/C17H23N3/c1-2-9-20(12-13-7-8-13)17-14(10-18)11-19-16-6-4-3-5-15(16)17/h3-6,11,13H,2,7-10,12,18H2,1H3. The maximum Gasteiger partial charge on any atom is 0.0723 e. The van der Waals surface area contributed by atoms with Gasteiger partial charge in [-0.15, -0.1) is 0 Å². The van der Waals surface area contributed by atoms with Crippen LogP contribution in [0.5, 0.6) is 0 Å². The number of nitrogens with two attached hydrogens (primary N) is 1. The van der Waals surface area contributed by atoms with Crippen molar-refractivity contribution in [2.45, 2.75) is 32.7 Å². The van der Waals surface area contributed by atoms with E-state index in [1.807, 2.05) is 12.3 Å². The number of pyridine rings is 1. The monoisotopic (exact) mass is 269 g/mol. The third kappa shape index (κ3) is 2.63. The van der Waals surface area contributed by atoms with E-state index >= 15 is 0 Å². The SMILES string of the molecule is CCCN(CC1CC1)c1c(CN)cnc2ccccc12. The van der Waals surface area contributed by atoms with Crippen molar-refractivity contribution in [1.29, 1.82) is 0 Å². The zero-order chi connectivity index (χ0) is 13.9. The molecule has 2 aromatic rings. The van der Waals surface area contributed by atoms with E-state index in [0.717, 1.165) is 36.5 Å². The molecule has 1 saturated carbocycles. The Morgan fingerprint density at radius 2 is 2.10 bits per heavy atom. The van der Waals surface area contributed by atoms with Gasteiger partial charge in [0.05, 0.1) is 11.2 Å². The molecule has 0 atom stereocenters. The number of rotatable bonds is 6. The third-order valence-corrected chi connectivity index (χ3v) is 4.03. The Balaban J connectivity index is 2.08. The summed E-state index contributed by atoms with van der Waals surface area (Å²) in [4.78, 5) is 7.07. The predicted molar refractivity (Wildman–Crippen MR) is 84.9 cm³/mol. The van der Waals surface area contributed by atoms with Crippen molar-refractivity contribution in [1.82, 2.24) is 4.98 Å². The van der Waals surface area contributed by atoms with Gasteiger partial charge in [-0.2, -0.15) is 0 Å². The lowest BCUT2D eigenvalue weighted by atomic mass is 10.1. The summed E-state index contributed by atoms with van der Waals surface area (Å²) < 4.78 is 0. The highest BCUT2D eigenvalue weighted by Crippen LogP contribution is 2.35. The number of para-hydroxylation sites is 1. The molecule has 106 valence electrons. The van der Waals surface area contributed by atoms with Crippen molar-refractivity contribution in [3.05, 3.63) is 36.0 Å². The Kier molecular flexibility index (Phi) is 3.88. The fraction of sp³-hybridized carbons (Fsp3) is 0.471. The molecule has 1 aliphatic rings. The molecule has 2 N–H and O–H groups in total. The van der Waals surface area contributed by atoms with Gasteiger partial charge in [0.25, 0.3) is 0 Å². The smallest absolute Gasteiger partial charge is 0.0723 e. The average molecular weight is 269 g/mol. The Labute approximate surface area is 120 Å². The van der Waals surface area contributed by atoms with Crippen LogP contribution in [-0.4, -0.2) is 18.1 Å². The highest BCUT2D eigenvalue weighted by atomic mass is 15.1. The van der Waals surface area contributed by atoms with Crippen molar-refractivity contribution in [2.75, 3.05) is 18.0 Å². The molecule has 20 heavy (non-hydrogen) atoms. The Morgan fingerprint density at radius 3 is 2.80 bits per heavy atom. The molecule has 0 spiro atoms. The van der Waals surface area contributed by atoms with Crippen molar-refractivity contribution >= 4 is 16.6 Å². The normalized spacial score (nSPS) is 14.7. The zero-order valence-corrected chi connectivity index (χ0v) is 12.2. The molecule has 1 aliphatic carbocycles. The molecule has 1 aromatic heterocycles. The van der Waals surface area contributed by atoms with E-state index in [0.29, 0.717) is 6.54 Å². The van der Waals surface area contributed by atoms with Gasteiger partial charge in [0.1, 0.15) is 0 Å². The van der Waals surface area contributed by atoms with E-state index in [4.69, 9.17) is 5.73 Å². The molecule has 3 rings (SSSR count). The van der Waals surface area contributed by atoms with Crippen LogP contribution in [0.2, 0.25) is 0 Å². The van der Waals surface area contributed by atoms with Gasteiger partial charge in [-0.05, 0) is 31.2 Å². The first kappa shape index (κ1) is 13.4. The first-order valence-electron chi connectivity index (χ1n) is 7.65. The van der Waals surface area contributed by atoms with Gasteiger partial charge >= 0.3 is 0 Å². The maximum absolute atomic E-state index is 5.96. The summed E-state index contributed by atoms with van der Waals surface area (Å²) in [6, 6.07) is 8.40. The first-order chi connectivity index (χ1) is 9.83. The van der Waals surface area contributed by atoms with Gasteiger partial charge in [0.2, 0.25) is 0 Å². The highest BCUT2D eigenvalue weighted by Gasteiger charge is 2.25. The van der Waals surface area contributed by atoms with Crippen LogP contribution in [0.1, 0.15) is 31.7 Å². The van der Waals surface area contributed by atoms with Gasteiger partial charge in [-0.25, -0.2) is 0 Å². The summed E-state index contributed by atoms with van der Waals surface area (Å²) in [5.74, 6) is 0.874. The van der Waals surface area contributed by atoms with Crippen LogP contribution >= 0.6 is 0 Å². The van der Waals surface area contributed by atoms with Gasteiger partial charge < -0.3 is 10.6 Å². The summed E-state index contributed by atoms with van der Waals surface area (Å²) in [7, 11) is 0. The second-order valence-electron chi connectivity index (χ2n) is 5.74. The van der Waals surface area contributed by atoms with Crippen LogP contribution in [0.3, 0.4) is 0 Å². The largest absolute Gasteiger partial charge is 0.370 e. The Morgan fingerprint density at radius 1 is 1.30 bits per heavy atom. The fourth-order valence-electron chi connectivity index (χ4n) is 2.87. The van der Waals surface area contributed by atoms with E-state index in [1.54, 1.807) is 0 Å². The summed E-state index contributed by atoms with van der Waals surface area (Å²) in [5.41, 5.74) is 9.50. The minimum Gasteiger partial charge on any atom is -0.370 e. The third-order valence-electron chi connectivity index (χ3n) is 4.03. The van der Waals surface area contributed by atoms with Gasteiger partial charge in [-0.3, -0.25) is 4.98 Å². The molecule has 1 heterocycles. The summed E-state index contributed by atoms with van der Waals surface area (Å²) in [6.07, 6.45) is 5.86. The highest BCUT2D eigenvalue weighted by molar-refractivity contribution is 5.93. The van der Waals surface area contributed by atoms with Gasteiger partial charge in [-0.1, -0.05) is 25.1 Å². The molecule has 0 amide bonds. The number of hydrogen-bond donors (Lipinski definition) is 1. The molecule has 1 fully saturated rings. The lowest BCUT2D eigenvalue weighted by molar-refractivity contribution is 0.706. The van der Waals surface area contributed by atoms with Crippen molar-refractivity contribution < 1.29 is 0 Å². The second kappa shape index (κ2) is 5.80. The molecule has 3 nitrogen and oxygen atoms in total. The minimum absolute atomic E-state index is 0.554. The second-order valence-corrected chi connectivity index (χ2v) is 5.74. The van der Waals surface area contributed by atoms with Crippen molar-refractivity contribution in [2.24, 2.45) is 11.7 Å². The molecular formula is C17H23N3. The molecule has 0 radical (unpaired) electrons. The van der Waals surface area contributed by atoms with Crippen LogP contribution in [-0.2, 0) is 6.54 Å².